The van der Waals surface area contributed by atoms with Crippen LogP contribution < -0.4 is 0 Å². The maximum atomic E-state index is 15.6. The van der Waals surface area contributed by atoms with E-state index in [9.17, 15) is 31.4 Å². The van der Waals surface area contributed by atoms with Crippen LogP contribution in [0.2, 0.25) is 0 Å². The summed E-state index contributed by atoms with van der Waals surface area (Å²) in [5, 5.41) is 9.43. The molecule has 136 valence electrons. The molecule has 2 rings (SSSR count). The van der Waals surface area contributed by atoms with E-state index in [1.165, 1.54) is 13.8 Å². The van der Waals surface area contributed by atoms with Crippen molar-refractivity contribution >= 4 is 0 Å². The Labute approximate surface area is 130 Å². The molecule has 0 spiro atoms. The molecule has 0 aliphatic heterocycles. The van der Waals surface area contributed by atoms with Crippen LogP contribution in [0.4, 0.5) is 30.7 Å². The zero-order chi connectivity index (χ0) is 18.2. The van der Waals surface area contributed by atoms with Gasteiger partial charge in [-0.05, 0) is 30.1 Å². The van der Waals surface area contributed by atoms with Crippen LogP contribution in [0.3, 0.4) is 0 Å². The third kappa shape index (κ3) is 2.23. The van der Waals surface area contributed by atoms with Crippen molar-refractivity contribution in [1.82, 2.24) is 0 Å². The SMILES string of the molecule is CC1C(C)C2CC1C(C)(C)C2(F)CC(O)(C(F)(F)F)C(F)(F)F. The van der Waals surface area contributed by atoms with Gasteiger partial charge in [0.15, 0.2) is 0 Å². The van der Waals surface area contributed by atoms with Gasteiger partial charge in [-0.15, -0.1) is 0 Å². The Kier molecular flexibility index (Phi) is 3.89. The molecule has 2 aliphatic carbocycles. The first-order chi connectivity index (χ1) is 10.0. The second kappa shape index (κ2) is 4.76. The van der Waals surface area contributed by atoms with Crippen LogP contribution >= 0.6 is 0 Å². The summed E-state index contributed by atoms with van der Waals surface area (Å²) in [7, 11) is 0. The molecule has 0 aromatic carbocycles. The largest absolute Gasteiger partial charge is 0.426 e. The lowest BCUT2D eigenvalue weighted by atomic mass is 9.57. The number of hydrogen-bond donors (Lipinski definition) is 1. The standard InChI is InChI=1S/C15H21F7O/c1-7-8(2)10-5-9(7)11(3,4)12(10,16)6-13(23,14(17,18)19)15(20,21)22/h7-10,23H,5-6H2,1-4H3. The molecule has 8 heteroatoms. The van der Waals surface area contributed by atoms with E-state index in [1.54, 1.807) is 6.92 Å². The molecule has 2 saturated carbocycles. The quantitative estimate of drug-likeness (QED) is 0.703. The Balaban J connectivity index is 2.49. The van der Waals surface area contributed by atoms with Gasteiger partial charge < -0.3 is 5.11 Å². The number of hydrogen-bond acceptors (Lipinski definition) is 1. The highest BCUT2D eigenvalue weighted by Gasteiger charge is 2.78. The van der Waals surface area contributed by atoms with Gasteiger partial charge in [-0.25, -0.2) is 4.39 Å². The number of aliphatic hydroxyl groups is 1. The fourth-order valence-corrected chi connectivity index (χ4v) is 4.87. The molecule has 0 amide bonds. The normalized spacial score (nSPS) is 40.7. The molecule has 2 bridgehead atoms. The number of fused-ring (bicyclic) bond motifs is 2. The highest BCUT2D eigenvalue weighted by atomic mass is 19.4. The number of alkyl halides is 7. The Bertz CT molecular complexity index is 467. The second-order valence-corrected chi connectivity index (χ2v) is 7.78. The smallest absolute Gasteiger partial charge is 0.374 e. The van der Waals surface area contributed by atoms with Gasteiger partial charge in [0.1, 0.15) is 5.67 Å². The van der Waals surface area contributed by atoms with Crippen LogP contribution in [-0.2, 0) is 0 Å². The van der Waals surface area contributed by atoms with Crippen LogP contribution in [0.5, 0.6) is 0 Å². The fourth-order valence-electron chi connectivity index (χ4n) is 4.87. The van der Waals surface area contributed by atoms with Crippen LogP contribution in [0.15, 0.2) is 0 Å². The molecular weight excluding hydrogens is 329 g/mol. The minimum atomic E-state index is -5.99. The van der Waals surface area contributed by atoms with E-state index >= 15 is 4.39 Å². The van der Waals surface area contributed by atoms with Crippen LogP contribution in [0.25, 0.3) is 0 Å². The Morgan fingerprint density at radius 2 is 1.30 bits per heavy atom. The third-order valence-corrected chi connectivity index (χ3v) is 6.64. The summed E-state index contributed by atoms with van der Waals surface area (Å²) in [6, 6.07) is 0. The number of rotatable bonds is 2. The summed E-state index contributed by atoms with van der Waals surface area (Å²) in [6.07, 6.45) is -13.7. The molecule has 0 radical (unpaired) electrons. The minimum absolute atomic E-state index is 0.0174. The summed E-state index contributed by atoms with van der Waals surface area (Å²) >= 11 is 0. The predicted molar refractivity (Wildman–Crippen MR) is 69.2 cm³/mol. The third-order valence-electron chi connectivity index (χ3n) is 6.64. The van der Waals surface area contributed by atoms with E-state index in [1.807, 2.05) is 6.92 Å². The monoisotopic (exact) mass is 350 g/mol. The van der Waals surface area contributed by atoms with Gasteiger partial charge in [0.25, 0.3) is 5.60 Å². The summed E-state index contributed by atoms with van der Waals surface area (Å²) in [4.78, 5) is 0. The lowest BCUT2D eigenvalue weighted by Crippen LogP contribution is -2.64. The van der Waals surface area contributed by atoms with E-state index in [4.69, 9.17) is 0 Å². The van der Waals surface area contributed by atoms with Crippen molar-refractivity contribution in [1.29, 1.82) is 0 Å². The molecular formula is C15H21F7O. The lowest BCUT2D eigenvalue weighted by Gasteiger charge is -2.51. The molecule has 5 unspecified atom stereocenters. The molecule has 0 saturated heterocycles. The van der Waals surface area contributed by atoms with Crippen LogP contribution in [0.1, 0.15) is 40.5 Å². The van der Waals surface area contributed by atoms with E-state index in [-0.39, 0.29) is 24.2 Å². The van der Waals surface area contributed by atoms with Gasteiger partial charge in [0.2, 0.25) is 0 Å². The van der Waals surface area contributed by atoms with Crippen LogP contribution in [-0.4, -0.2) is 28.7 Å². The maximum Gasteiger partial charge on any atom is 0.426 e. The van der Waals surface area contributed by atoms with Gasteiger partial charge in [-0.2, -0.15) is 26.3 Å². The maximum absolute atomic E-state index is 15.6. The molecule has 2 fully saturated rings. The van der Waals surface area contributed by atoms with Gasteiger partial charge >= 0.3 is 12.4 Å². The number of halogens is 7. The summed E-state index contributed by atoms with van der Waals surface area (Å²) < 4.78 is 93.3. The van der Waals surface area contributed by atoms with Crippen molar-refractivity contribution in [3.63, 3.8) is 0 Å². The first-order valence-corrected chi connectivity index (χ1v) is 7.55. The average Bonchev–Trinajstić information content (AvgIpc) is 2.72. The van der Waals surface area contributed by atoms with E-state index in [2.05, 4.69) is 0 Å². The average molecular weight is 350 g/mol. The molecule has 5 atom stereocenters. The molecule has 1 nitrogen and oxygen atoms in total. The zero-order valence-corrected chi connectivity index (χ0v) is 13.3. The molecule has 23 heavy (non-hydrogen) atoms. The van der Waals surface area contributed by atoms with E-state index in [0.29, 0.717) is 0 Å². The van der Waals surface area contributed by atoms with Crippen molar-refractivity contribution in [2.45, 2.75) is 64.2 Å². The van der Waals surface area contributed by atoms with Gasteiger partial charge in [0.05, 0.1) is 0 Å². The molecule has 2 aliphatic rings. The van der Waals surface area contributed by atoms with Crippen molar-refractivity contribution in [3.05, 3.63) is 0 Å². The van der Waals surface area contributed by atoms with E-state index < -0.39 is 41.4 Å². The lowest BCUT2D eigenvalue weighted by molar-refractivity contribution is -0.380. The van der Waals surface area contributed by atoms with Crippen molar-refractivity contribution in [2.24, 2.45) is 29.1 Å². The van der Waals surface area contributed by atoms with Gasteiger partial charge in [-0.3, -0.25) is 0 Å². The molecule has 0 aromatic heterocycles. The second-order valence-electron chi connectivity index (χ2n) is 7.78. The highest BCUT2D eigenvalue weighted by molar-refractivity contribution is 5.19. The summed E-state index contributed by atoms with van der Waals surface area (Å²) in [5.41, 5.74) is -9.14. The predicted octanol–water partition coefficient (Wildman–Crippen LogP) is 4.89. The fraction of sp³-hybridized carbons (Fsp3) is 1.00. The first kappa shape index (κ1) is 18.8. The molecule has 1 N–H and O–H groups in total. The van der Waals surface area contributed by atoms with Crippen molar-refractivity contribution in [3.8, 4) is 0 Å². The minimum Gasteiger partial charge on any atom is -0.374 e. The van der Waals surface area contributed by atoms with Crippen LogP contribution in [0, 0.1) is 29.1 Å². The Morgan fingerprint density at radius 3 is 1.65 bits per heavy atom. The topological polar surface area (TPSA) is 20.2 Å². The zero-order valence-electron chi connectivity index (χ0n) is 13.3. The highest BCUT2D eigenvalue weighted by Crippen LogP contribution is 2.70. The Hall–Kier alpha value is -0.530. The first-order valence-electron chi connectivity index (χ1n) is 7.55. The Morgan fingerprint density at radius 1 is 0.913 bits per heavy atom. The van der Waals surface area contributed by atoms with Gasteiger partial charge in [0, 0.05) is 11.8 Å². The molecule has 0 aromatic rings. The van der Waals surface area contributed by atoms with Crippen molar-refractivity contribution < 1.29 is 35.8 Å². The molecule has 0 heterocycles. The summed E-state index contributed by atoms with van der Waals surface area (Å²) in [6.45, 7) is 6.23. The van der Waals surface area contributed by atoms with Gasteiger partial charge in [-0.1, -0.05) is 27.7 Å². The van der Waals surface area contributed by atoms with E-state index in [0.717, 1.165) is 0 Å². The van der Waals surface area contributed by atoms with Crippen molar-refractivity contribution in [2.75, 3.05) is 0 Å². The summed E-state index contributed by atoms with van der Waals surface area (Å²) in [5.74, 6) is -1.54.